The molecule has 1 atom stereocenters. The average molecular weight is 245 g/mol. The molecule has 2 amide bonds. The van der Waals surface area contributed by atoms with Crippen LogP contribution in [0.4, 0.5) is 4.79 Å². The van der Waals surface area contributed by atoms with Gasteiger partial charge in [-0.2, -0.15) is 0 Å². The van der Waals surface area contributed by atoms with E-state index in [1.54, 1.807) is 7.05 Å². The molecule has 3 N–H and O–H groups in total. The predicted octanol–water partition coefficient (Wildman–Crippen LogP) is 0.491. The zero-order valence-electron chi connectivity index (χ0n) is 10.8. The van der Waals surface area contributed by atoms with Crippen molar-refractivity contribution in [2.45, 2.75) is 32.2 Å². The van der Waals surface area contributed by atoms with Crippen LogP contribution in [-0.2, 0) is 4.79 Å². The van der Waals surface area contributed by atoms with E-state index in [9.17, 15) is 9.59 Å². The molecule has 0 aliphatic rings. The molecular formula is C11H23N3O3. The summed E-state index contributed by atoms with van der Waals surface area (Å²) in [5.41, 5.74) is 0. The monoisotopic (exact) mass is 245 g/mol. The first-order valence-corrected chi connectivity index (χ1v) is 5.92. The van der Waals surface area contributed by atoms with Gasteiger partial charge in [0, 0.05) is 13.6 Å². The van der Waals surface area contributed by atoms with Crippen molar-refractivity contribution in [1.29, 1.82) is 0 Å². The zero-order chi connectivity index (χ0) is 13.3. The average Bonchev–Trinajstić information content (AvgIpc) is 2.28. The summed E-state index contributed by atoms with van der Waals surface area (Å²) in [6, 6.07) is -1.12. The van der Waals surface area contributed by atoms with Crippen LogP contribution in [0.15, 0.2) is 0 Å². The summed E-state index contributed by atoms with van der Waals surface area (Å²) in [6.45, 7) is 3.32. The van der Waals surface area contributed by atoms with Crippen LogP contribution in [0, 0.1) is 0 Å². The Hall–Kier alpha value is -1.30. The largest absolute Gasteiger partial charge is 0.480 e. The summed E-state index contributed by atoms with van der Waals surface area (Å²) in [6.07, 6.45) is 2.01. The molecular weight excluding hydrogens is 222 g/mol. The summed E-state index contributed by atoms with van der Waals surface area (Å²) in [7, 11) is 3.51. The lowest BCUT2D eigenvalue weighted by atomic mass is 10.2. The van der Waals surface area contributed by atoms with Gasteiger partial charge in [0.05, 0.1) is 0 Å². The Morgan fingerprint density at radius 1 is 1.41 bits per heavy atom. The summed E-state index contributed by atoms with van der Waals surface area (Å²) in [5, 5.41) is 14.4. The van der Waals surface area contributed by atoms with Gasteiger partial charge < -0.3 is 20.6 Å². The van der Waals surface area contributed by atoms with E-state index in [0.29, 0.717) is 13.0 Å². The van der Waals surface area contributed by atoms with E-state index in [2.05, 4.69) is 10.6 Å². The van der Waals surface area contributed by atoms with E-state index >= 15 is 0 Å². The van der Waals surface area contributed by atoms with Crippen LogP contribution in [0.25, 0.3) is 0 Å². The first kappa shape index (κ1) is 15.7. The van der Waals surface area contributed by atoms with Crippen molar-refractivity contribution in [3.63, 3.8) is 0 Å². The smallest absolute Gasteiger partial charge is 0.326 e. The molecule has 0 saturated carbocycles. The van der Waals surface area contributed by atoms with E-state index in [1.165, 1.54) is 4.90 Å². The highest BCUT2D eigenvalue weighted by Crippen LogP contribution is 1.98. The van der Waals surface area contributed by atoms with Gasteiger partial charge in [0.15, 0.2) is 0 Å². The van der Waals surface area contributed by atoms with Crippen LogP contribution in [0.2, 0.25) is 0 Å². The minimum atomic E-state index is -0.983. The Kier molecular flexibility index (Phi) is 8.13. The molecule has 0 aromatic heterocycles. The third-order valence-corrected chi connectivity index (χ3v) is 2.44. The summed E-state index contributed by atoms with van der Waals surface area (Å²) in [4.78, 5) is 24.0. The second kappa shape index (κ2) is 8.81. The molecule has 100 valence electrons. The molecule has 0 heterocycles. The molecule has 0 spiro atoms. The molecule has 6 nitrogen and oxygen atoms in total. The highest BCUT2D eigenvalue weighted by molar-refractivity contribution is 5.82. The Morgan fingerprint density at radius 3 is 2.53 bits per heavy atom. The predicted molar refractivity (Wildman–Crippen MR) is 66.0 cm³/mol. The second-order valence-corrected chi connectivity index (χ2v) is 4.01. The van der Waals surface area contributed by atoms with Crippen LogP contribution in [0.5, 0.6) is 0 Å². The quantitative estimate of drug-likeness (QED) is 0.544. The first-order chi connectivity index (χ1) is 8.02. The maximum absolute atomic E-state index is 11.7. The number of amides is 2. The van der Waals surface area contributed by atoms with Crippen LogP contribution >= 0.6 is 0 Å². The minimum absolute atomic E-state index is 0.332. The number of carboxylic acids is 1. The Balaban J connectivity index is 4.06. The highest BCUT2D eigenvalue weighted by Gasteiger charge is 2.20. The van der Waals surface area contributed by atoms with Gasteiger partial charge in [-0.15, -0.1) is 0 Å². The number of aliphatic carboxylic acids is 1. The second-order valence-electron chi connectivity index (χ2n) is 4.01. The van der Waals surface area contributed by atoms with Crippen molar-refractivity contribution in [1.82, 2.24) is 15.5 Å². The van der Waals surface area contributed by atoms with Crippen molar-refractivity contribution >= 4 is 12.0 Å². The van der Waals surface area contributed by atoms with E-state index < -0.39 is 12.0 Å². The topological polar surface area (TPSA) is 81.7 Å². The number of nitrogens with zero attached hydrogens (tertiary/aromatic N) is 1. The number of hydrogen-bond donors (Lipinski definition) is 3. The van der Waals surface area contributed by atoms with Crippen LogP contribution < -0.4 is 10.6 Å². The van der Waals surface area contributed by atoms with Crippen LogP contribution in [0.1, 0.15) is 26.2 Å². The lowest BCUT2D eigenvalue weighted by Crippen LogP contribution is -2.47. The summed E-state index contributed by atoms with van der Waals surface area (Å²) in [5.74, 6) is -0.983. The van der Waals surface area contributed by atoms with E-state index in [1.807, 2.05) is 14.0 Å². The highest BCUT2D eigenvalue weighted by atomic mass is 16.4. The third kappa shape index (κ3) is 6.78. The summed E-state index contributed by atoms with van der Waals surface area (Å²) >= 11 is 0. The van der Waals surface area contributed by atoms with Gasteiger partial charge in [0.1, 0.15) is 6.04 Å². The van der Waals surface area contributed by atoms with Gasteiger partial charge in [0.25, 0.3) is 0 Å². The molecule has 0 rings (SSSR count). The molecule has 0 aromatic carbocycles. The third-order valence-electron chi connectivity index (χ3n) is 2.44. The standard InChI is InChI=1S/C11H23N3O3/c1-4-6-9(10(15)16)13-11(17)14(3)8-5-7-12-2/h9,12H,4-8H2,1-3H3,(H,13,17)(H,15,16). The number of hydrogen-bond acceptors (Lipinski definition) is 3. The Bertz CT molecular complexity index is 246. The van der Waals surface area contributed by atoms with Crippen LogP contribution in [0.3, 0.4) is 0 Å². The molecule has 0 radical (unpaired) electrons. The van der Waals surface area contributed by atoms with Gasteiger partial charge in [-0.25, -0.2) is 9.59 Å². The number of rotatable bonds is 8. The molecule has 1 unspecified atom stereocenters. The number of urea groups is 1. The normalized spacial score (nSPS) is 11.9. The van der Waals surface area contributed by atoms with E-state index in [-0.39, 0.29) is 6.03 Å². The SMILES string of the molecule is CCCC(NC(=O)N(C)CCCNC)C(=O)O. The van der Waals surface area contributed by atoms with Crippen molar-refractivity contribution in [2.75, 3.05) is 27.2 Å². The van der Waals surface area contributed by atoms with Crippen molar-refractivity contribution in [3.8, 4) is 0 Å². The first-order valence-electron chi connectivity index (χ1n) is 5.92. The molecule has 0 bridgehead atoms. The van der Waals surface area contributed by atoms with Gasteiger partial charge >= 0.3 is 12.0 Å². The minimum Gasteiger partial charge on any atom is -0.480 e. The summed E-state index contributed by atoms with van der Waals surface area (Å²) < 4.78 is 0. The number of carbonyl (C=O) groups excluding carboxylic acids is 1. The molecule has 0 aliphatic carbocycles. The maximum atomic E-state index is 11.7. The molecule has 0 saturated heterocycles. The molecule has 0 fully saturated rings. The van der Waals surface area contributed by atoms with Gasteiger partial charge in [-0.3, -0.25) is 0 Å². The van der Waals surface area contributed by atoms with Gasteiger partial charge in [0.2, 0.25) is 0 Å². The molecule has 0 aliphatic heterocycles. The lowest BCUT2D eigenvalue weighted by molar-refractivity contribution is -0.139. The lowest BCUT2D eigenvalue weighted by Gasteiger charge is -2.21. The van der Waals surface area contributed by atoms with Crippen molar-refractivity contribution < 1.29 is 14.7 Å². The molecule has 17 heavy (non-hydrogen) atoms. The van der Waals surface area contributed by atoms with Crippen molar-refractivity contribution in [2.24, 2.45) is 0 Å². The number of carbonyl (C=O) groups is 2. The van der Waals surface area contributed by atoms with Crippen molar-refractivity contribution in [3.05, 3.63) is 0 Å². The maximum Gasteiger partial charge on any atom is 0.326 e. The molecule has 0 aromatic rings. The fourth-order valence-corrected chi connectivity index (χ4v) is 1.40. The fourth-order valence-electron chi connectivity index (χ4n) is 1.40. The number of carboxylic acid groups (broad SMARTS) is 1. The Morgan fingerprint density at radius 2 is 2.06 bits per heavy atom. The molecule has 6 heteroatoms. The fraction of sp³-hybridized carbons (Fsp3) is 0.818. The number of nitrogens with one attached hydrogen (secondary N) is 2. The zero-order valence-corrected chi connectivity index (χ0v) is 10.8. The van der Waals surface area contributed by atoms with Crippen LogP contribution in [-0.4, -0.2) is 55.2 Å². The van der Waals surface area contributed by atoms with Gasteiger partial charge in [-0.05, 0) is 26.4 Å². The Labute approximate surface area is 102 Å². The van der Waals surface area contributed by atoms with E-state index in [4.69, 9.17) is 5.11 Å². The van der Waals surface area contributed by atoms with Gasteiger partial charge in [-0.1, -0.05) is 13.3 Å². The van der Waals surface area contributed by atoms with E-state index in [0.717, 1.165) is 19.4 Å².